The Labute approximate surface area is 223 Å². The molecule has 7 heteroatoms. The molecule has 0 radical (unpaired) electrons. The SMILES string of the molecule is CCCCc1ccc(OCC(=O)OC)cc1.SCCOC(c1ccc(Cl)cc1)c1ccc(Cl)cc1. The molecular weight excluding hydrogens is 503 g/mol. The van der Waals surface area contributed by atoms with E-state index in [2.05, 4.69) is 24.3 Å². The van der Waals surface area contributed by atoms with Crippen molar-refractivity contribution in [3.05, 3.63) is 99.5 Å². The molecule has 0 aliphatic rings. The fraction of sp³-hybridized carbons (Fsp3) is 0.321. The summed E-state index contributed by atoms with van der Waals surface area (Å²) >= 11 is 16.0. The Hall–Kier alpha value is -2.18. The zero-order valence-corrected chi connectivity index (χ0v) is 22.5. The van der Waals surface area contributed by atoms with Crippen LogP contribution in [0, 0.1) is 0 Å². The molecule has 0 aliphatic heterocycles. The standard InChI is InChI=1S/C15H14Cl2OS.C13H18O3/c16-13-5-1-11(2-6-13)15(18-9-10-19)12-3-7-14(17)8-4-12;1-3-4-5-11-6-8-12(9-7-11)16-10-13(14)15-2/h1-8,15,19H,9-10H2;6-9H,3-5,10H2,1-2H3. The van der Waals surface area contributed by atoms with Gasteiger partial charge in [-0.1, -0.05) is 72.9 Å². The van der Waals surface area contributed by atoms with Crippen molar-refractivity contribution in [3.8, 4) is 5.75 Å². The van der Waals surface area contributed by atoms with Gasteiger partial charge in [0.25, 0.3) is 0 Å². The largest absolute Gasteiger partial charge is 0.482 e. The Morgan fingerprint density at radius 2 is 1.43 bits per heavy atom. The number of rotatable bonds is 11. The van der Waals surface area contributed by atoms with Crippen LogP contribution in [0.25, 0.3) is 0 Å². The van der Waals surface area contributed by atoms with Gasteiger partial charge in [0.05, 0.1) is 13.7 Å². The minimum atomic E-state index is -0.366. The van der Waals surface area contributed by atoms with Gasteiger partial charge in [-0.15, -0.1) is 0 Å². The second-order valence-electron chi connectivity index (χ2n) is 7.69. The minimum Gasteiger partial charge on any atom is -0.482 e. The maximum absolute atomic E-state index is 10.8. The summed E-state index contributed by atoms with van der Waals surface area (Å²) in [6, 6.07) is 23.2. The van der Waals surface area contributed by atoms with Crippen LogP contribution >= 0.6 is 35.8 Å². The van der Waals surface area contributed by atoms with Crippen LogP contribution in [0.1, 0.15) is 42.6 Å². The van der Waals surface area contributed by atoms with Crippen LogP contribution in [0.15, 0.2) is 72.8 Å². The van der Waals surface area contributed by atoms with E-state index in [-0.39, 0.29) is 18.7 Å². The molecule has 0 saturated carbocycles. The van der Waals surface area contributed by atoms with Crippen molar-refractivity contribution in [1.29, 1.82) is 0 Å². The van der Waals surface area contributed by atoms with Crippen LogP contribution < -0.4 is 4.74 Å². The van der Waals surface area contributed by atoms with Crippen LogP contribution in [0.4, 0.5) is 0 Å². The first-order valence-electron chi connectivity index (χ1n) is 11.5. The maximum Gasteiger partial charge on any atom is 0.343 e. The number of hydrogen-bond donors (Lipinski definition) is 1. The van der Waals surface area contributed by atoms with Crippen LogP contribution in [0.3, 0.4) is 0 Å². The molecule has 0 fully saturated rings. The number of carbonyl (C=O) groups is 1. The second-order valence-corrected chi connectivity index (χ2v) is 9.01. The highest BCUT2D eigenvalue weighted by molar-refractivity contribution is 7.80. The van der Waals surface area contributed by atoms with E-state index in [1.54, 1.807) is 0 Å². The smallest absolute Gasteiger partial charge is 0.343 e. The lowest BCUT2D eigenvalue weighted by Crippen LogP contribution is -2.12. The lowest BCUT2D eigenvalue weighted by molar-refractivity contribution is -0.142. The minimum absolute atomic E-state index is 0.0369. The van der Waals surface area contributed by atoms with Gasteiger partial charge in [-0.25, -0.2) is 4.79 Å². The molecule has 3 aromatic carbocycles. The highest BCUT2D eigenvalue weighted by atomic mass is 35.5. The van der Waals surface area contributed by atoms with Crippen molar-refractivity contribution in [2.24, 2.45) is 0 Å². The normalized spacial score (nSPS) is 10.5. The van der Waals surface area contributed by atoms with Crippen molar-refractivity contribution in [3.63, 3.8) is 0 Å². The van der Waals surface area contributed by atoms with Crippen molar-refractivity contribution in [1.82, 2.24) is 0 Å². The van der Waals surface area contributed by atoms with E-state index < -0.39 is 0 Å². The molecule has 0 heterocycles. The summed E-state index contributed by atoms with van der Waals surface area (Å²) in [6.07, 6.45) is 3.36. The molecule has 0 N–H and O–H groups in total. The summed E-state index contributed by atoms with van der Waals surface area (Å²) < 4.78 is 15.6. The van der Waals surface area contributed by atoms with Crippen LogP contribution in [0.5, 0.6) is 5.75 Å². The van der Waals surface area contributed by atoms with E-state index in [0.29, 0.717) is 28.2 Å². The molecule has 4 nitrogen and oxygen atoms in total. The third-order valence-electron chi connectivity index (χ3n) is 5.05. The molecule has 0 saturated heterocycles. The zero-order valence-electron chi connectivity index (χ0n) is 20.1. The molecule has 0 unspecified atom stereocenters. The average molecular weight is 536 g/mol. The highest BCUT2D eigenvalue weighted by Crippen LogP contribution is 2.28. The molecule has 0 aromatic heterocycles. The summed E-state index contributed by atoms with van der Waals surface area (Å²) in [6.45, 7) is 2.72. The second kappa shape index (κ2) is 16.5. The van der Waals surface area contributed by atoms with E-state index in [9.17, 15) is 4.79 Å². The third-order valence-corrected chi connectivity index (χ3v) is 5.73. The molecule has 0 spiro atoms. The lowest BCUT2D eigenvalue weighted by Gasteiger charge is -2.18. The van der Waals surface area contributed by atoms with Crippen molar-refractivity contribution in [2.45, 2.75) is 32.3 Å². The molecule has 3 aromatic rings. The fourth-order valence-electron chi connectivity index (χ4n) is 3.17. The summed E-state index contributed by atoms with van der Waals surface area (Å²) in [7, 11) is 1.35. The lowest BCUT2D eigenvalue weighted by atomic mass is 10.0. The number of esters is 1. The predicted molar refractivity (Wildman–Crippen MR) is 147 cm³/mol. The number of unbranched alkanes of at least 4 members (excludes halogenated alkanes) is 1. The molecule has 0 bridgehead atoms. The Balaban J connectivity index is 0.000000251. The molecule has 0 aliphatic carbocycles. The summed E-state index contributed by atoms with van der Waals surface area (Å²) in [5.41, 5.74) is 3.43. The Bertz CT molecular complexity index is 947. The van der Waals surface area contributed by atoms with Gasteiger partial charge in [-0.05, 0) is 65.9 Å². The van der Waals surface area contributed by atoms with Gasteiger partial charge in [0.15, 0.2) is 6.61 Å². The first kappa shape index (κ1) is 29.1. The molecule has 35 heavy (non-hydrogen) atoms. The number of aryl methyl sites for hydroxylation is 1. The average Bonchev–Trinajstić information content (AvgIpc) is 2.89. The van der Waals surface area contributed by atoms with E-state index in [1.165, 1.54) is 25.5 Å². The summed E-state index contributed by atoms with van der Waals surface area (Å²) in [5.74, 6) is 1.01. The Morgan fingerprint density at radius 1 is 0.886 bits per heavy atom. The van der Waals surface area contributed by atoms with Gasteiger partial charge in [0.2, 0.25) is 0 Å². The van der Waals surface area contributed by atoms with Crippen LogP contribution in [-0.2, 0) is 20.7 Å². The van der Waals surface area contributed by atoms with Crippen molar-refractivity contribution >= 4 is 41.8 Å². The van der Waals surface area contributed by atoms with Gasteiger partial charge in [-0.3, -0.25) is 0 Å². The molecule has 188 valence electrons. The number of hydrogen-bond acceptors (Lipinski definition) is 5. The summed E-state index contributed by atoms with van der Waals surface area (Å²) in [5, 5.41) is 1.43. The van der Waals surface area contributed by atoms with E-state index in [4.69, 9.17) is 32.7 Å². The van der Waals surface area contributed by atoms with Gasteiger partial charge in [0, 0.05) is 15.8 Å². The number of carbonyl (C=O) groups excluding carboxylic acids is 1. The topological polar surface area (TPSA) is 44.8 Å². The number of thiol groups is 1. The maximum atomic E-state index is 10.8. The van der Waals surface area contributed by atoms with Crippen molar-refractivity contribution < 1.29 is 19.0 Å². The number of halogens is 2. The Kier molecular flexibility index (Phi) is 13.7. The van der Waals surface area contributed by atoms with Crippen molar-refractivity contribution in [2.75, 3.05) is 26.1 Å². The van der Waals surface area contributed by atoms with Gasteiger partial charge >= 0.3 is 5.97 Å². The van der Waals surface area contributed by atoms with Gasteiger partial charge in [0.1, 0.15) is 11.9 Å². The van der Waals surface area contributed by atoms with Crippen LogP contribution in [-0.4, -0.2) is 32.0 Å². The fourth-order valence-corrected chi connectivity index (χ4v) is 3.52. The number of ether oxygens (including phenoxy) is 3. The molecule has 0 atom stereocenters. The Morgan fingerprint density at radius 3 is 1.89 bits per heavy atom. The molecular formula is C28H32Cl2O4S. The molecule has 3 rings (SSSR count). The third kappa shape index (κ3) is 11.0. The van der Waals surface area contributed by atoms with E-state index >= 15 is 0 Å². The predicted octanol–water partition coefficient (Wildman–Crippen LogP) is 7.61. The highest BCUT2D eigenvalue weighted by Gasteiger charge is 2.14. The molecule has 0 amide bonds. The quantitative estimate of drug-likeness (QED) is 0.203. The zero-order chi connectivity index (χ0) is 25.5. The van der Waals surface area contributed by atoms with Gasteiger partial charge in [-0.2, -0.15) is 12.6 Å². The first-order chi connectivity index (χ1) is 17.0. The first-order valence-corrected chi connectivity index (χ1v) is 12.9. The van der Waals surface area contributed by atoms with Gasteiger partial charge < -0.3 is 14.2 Å². The van der Waals surface area contributed by atoms with E-state index in [0.717, 1.165) is 17.5 Å². The number of benzene rings is 3. The number of methoxy groups -OCH3 is 1. The monoisotopic (exact) mass is 534 g/mol. The summed E-state index contributed by atoms with van der Waals surface area (Å²) in [4.78, 5) is 10.8. The van der Waals surface area contributed by atoms with E-state index in [1.807, 2.05) is 72.8 Å². The van der Waals surface area contributed by atoms with Crippen LogP contribution in [0.2, 0.25) is 10.0 Å².